The lowest BCUT2D eigenvalue weighted by Crippen LogP contribution is -2.14. The minimum Gasteiger partial charge on any atom is -0.466 e. The molecule has 0 aliphatic heterocycles. The molecule has 1 amide bonds. The van der Waals surface area contributed by atoms with Gasteiger partial charge in [0.1, 0.15) is 5.82 Å². The molecule has 0 radical (unpaired) electrons. The molecule has 2 N–H and O–H groups in total. The maximum atomic E-state index is 13.4. The van der Waals surface area contributed by atoms with Gasteiger partial charge in [0.05, 0.1) is 12.7 Å². The summed E-state index contributed by atoms with van der Waals surface area (Å²) < 4.78 is 18.1. The highest BCUT2D eigenvalue weighted by Crippen LogP contribution is 2.16. The summed E-state index contributed by atoms with van der Waals surface area (Å²) in [5.74, 6) is -1.31. The third-order valence-corrected chi connectivity index (χ3v) is 2.29. The summed E-state index contributed by atoms with van der Waals surface area (Å²) in [5.41, 5.74) is -0.183. The second kappa shape index (κ2) is 5.01. The first kappa shape index (κ1) is 12.3. The van der Waals surface area contributed by atoms with E-state index in [1.807, 2.05) is 0 Å². The molecular weight excluding hydrogens is 263 g/mol. The van der Waals surface area contributed by atoms with Crippen LogP contribution in [0.3, 0.4) is 0 Å². The first-order chi connectivity index (χ1) is 8.60. The molecule has 1 heterocycles. The van der Waals surface area contributed by atoms with Gasteiger partial charge in [-0.15, -0.1) is 5.10 Å². The van der Waals surface area contributed by atoms with E-state index in [4.69, 9.17) is 16.3 Å². The number of aromatic amines is 1. The predicted molar refractivity (Wildman–Crippen MR) is 62.3 cm³/mol. The highest BCUT2D eigenvalue weighted by Gasteiger charge is 2.14. The Morgan fingerprint density at radius 1 is 1.56 bits per heavy atom. The zero-order valence-electron chi connectivity index (χ0n) is 9.20. The smallest absolute Gasteiger partial charge is 0.336 e. The van der Waals surface area contributed by atoms with Crippen molar-refractivity contribution in [1.29, 1.82) is 0 Å². The molecule has 2 rings (SSSR count). The fourth-order valence-corrected chi connectivity index (χ4v) is 1.41. The molecule has 1 aromatic heterocycles. The summed E-state index contributed by atoms with van der Waals surface area (Å²) in [6.07, 6.45) is 0. The first-order valence-corrected chi connectivity index (χ1v) is 5.20. The van der Waals surface area contributed by atoms with Crippen LogP contribution in [0.1, 0.15) is 10.4 Å². The molecule has 0 aliphatic rings. The van der Waals surface area contributed by atoms with Crippen LogP contribution in [0.4, 0.5) is 10.3 Å². The summed E-state index contributed by atoms with van der Waals surface area (Å²) in [6, 6.07) is 3.75. The van der Waals surface area contributed by atoms with E-state index in [1.165, 1.54) is 19.2 Å². The van der Waals surface area contributed by atoms with Crippen molar-refractivity contribution < 1.29 is 13.9 Å². The number of hydrogen-bond acceptors (Lipinski definition) is 4. The van der Waals surface area contributed by atoms with Gasteiger partial charge in [0.15, 0.2) is 0 Å². The van der Waals surface area contributed by atoms with Gasteiger partial charge in [0, 0.05) is 5.02 Å². The van der Waals surface area contributed by atoms with E-state index in [1.54, 1.807) is 0 Å². The van der Waals surface area contributed by atoms with Crippen molar-refractivity contribution in [2.45, 2.75) is 0 Å². The Bertz CT molecular complexity index is 587. The van der Waals surface area contributed by atoms with Gasteiger partial charge in [-0.05, 0) is 18.2 Å². The molecule has 0 spiro atoms. The lowest BCUT2D eigenvalue weighted by Gasteiger charge is -2.03. The van der Waals surface area contributed by atoms with E-state index in [9.17, 15) is 9.18 Å². The summed E-state index contributed by atoms with van der Waals surface area (Å²) in [7, 11) is 1.38. The fraction of sp³-hybridized carbons (Fsp3) is 0.100. The number of halogens is 2. The molecule has 94 valence electrons. The maximum Gasteiger partial charge on any atom is 0.336 e. The number of carbonyl (C=O) groups excluding carboxylic acids is 1. The van der Waals surface area contributed by atoms with Gasteiger partial charge in [-0.3, -0.25) is 10.1 Å². The van der Waals surface area contributed by atoms with Crippen LogP contribution in [0, 0.1) is 5.82 Å². The fourth-order valence-electron chi connectivity index (χ4n) is 1.24. The number of ether oxygens (including phenoxy) is 1. The lowest BCUT2D eigenvalue weighted by atomic mass is 10.2. The van der Waals surface area contributed by atoms with Crippen molar-refractivity contribution in [3.8, 4) is 6.01 Å². The number of aromatic nitrogens is 3. The molecule has 18 heavy (non-hydrogen) atoms. The number of amides is 1. The number of hydrogen-bond donors (Lipinski definition) is 2. The van der Waals surface area contributed by atoms with E-state index in [0.717, 1.165) is 6.07 Å². The molecule has 0 saturated heterocycles. The molecule has 0 fully saturated rings. The topological polar surface area (TPSA) is 79.9 Å². The summed E-state index contributed by atoms with van der Waals surface area (Å²) in [6.45, 7) is 0. The van der Waals surface area contributed by atoms with Gasteiger partial charge in [0.2, 0.25) is 5.95 Å². The minimum absolute atomic E-state index is 0.0521. The molecule has 0 unspecified atom stereocenters. The van der Waals surface area contributed by atoms with Crippen LogP contribution < -0.4 is 10.1 Å². The van der Waals surface area contributed by atoms with Crippen molar-refractivity contribution in [2.75, 3.05) is 12.4 Å². The van der Waals surface area contributed by atoms with Crippen LogP contribution in [0.5, 0.6) is 6.01 Å². The van der Waals surface area contributed by atoms with Crippen LogP contribution >= 0.6 is 11.6 Å². The highest BCUT2D eigenvalue weighted by molar-refractivity contribution is 6.31. The molecule has 6 nitrogen and oxygen atoms in total. The van der Waals surface area contributed by atoms with Gasteiger partial charge in [-0.1, -0.05) is 11.6 Å². The number of methoxy groups -OCH3 is 1. The maximum absolute atomic E-state index is 13.4. The summed E-state index contributed by atoms with van der Waals surface area (Å²) in [4.78, 5) is 15.5. The van der Waals surface area contributed by atoms with Crippen LogP contribution in [-0.2, 0) is 0 Å². The Morgan fingerprint density at radius 3 is 3.00 bits per heavy atom. The molecule has 0 aliphatic carbocycles. The van der Waals surface area contributed by atoms with E-state index in [0.29, 0.717) is 0 Å². The van der Waals surface area contributed by atoms with Crippen LogP contribution in [0.25, 0.3) is 0 Å². The SMILES string of the molecule is COc1n[nH]c(NC(=O)c2cc(Cl)ccc2F)n1. The number of nitrogens with one attached hydrogen (secondary N) is 2. The molecule has 8 heteroatoms. The Balaban J connectivity index is 2.19. The number of nitrogens with zero attached hydrogens (tertiary/aromatic N) is 2. The zero-order chi connectivity index (χ0) is 13.1. The van der Waals surface area contributed by atoms with E-state index < -0.39 is 11.7 Å². The Labute approximate surface area is 106 Å². The molecule has 2 aromatic rings. The molecular formula is C10H8ClFN4O2. The second-order valence-electron chi connectivity index (χ2n) is 3.25. The van der Waals surface area contributed by atoms with Gasteiger partial charge in [-0.25, -0.2) is 9.49 Å². The Kier molecular flexibility index (Phi) is 3.42. The van der Waals surface area contributed by atoms with Crippen molar-refractivity contribution in [3.63, 3.8) is 0 Å². The van der Waals surface area contributed by atoms with Crippen LogP contribution in [-0.4, -0.2) is 28.2 Å². The second-order valence-corrected chi connectivity index (χ2v) is 3.69. The number of H-pyrrole nitrogens is 1. The summed E-state index contributed by atoms with van der Waals surface area (Å²) >= 11 is 5.69. The van der Waals surface area contributed by atoms with Crippen molar-refractivity contribution in [2.24, 2.45) is 0 Å². The molecule has 0 atom stereocenters. The minimum atomic E-state index is -0.686. The molecule has 0 bridgehead atoms. The third-order valence-electron chi connectivity index (χ3n) is 2.05. The van der Waals surface area contributed by atoms with Crippen molar-refractivity contribution in [3.05, 3.63) is 34.6 Å². The average Bonchev–Trinajstić information content (AvgIpc) is 2.80. The van der Waals surface area contributed by atoms with Gasteiger partial charge in [-0.2, -0.15) is 4.98 Å². The van der Waals surface area contributed by atoms with Crippen molar-refractivity contribution in [1.82, 2.24) is 15.2 Å². The van der Waals surface area contributed by atoms with Crippen molar-refractivity contribution >= 4 is 23.5 Å². The Morgan fingerprint density at radius 2 is 2.33 bits per heavy atom. The van der Waals surface area contributed by atoms with Gasteiger partial charge >= 0.3 is 6.01 Å². The quantitative estimate of drug-likeness (QED) is 0.892. The van der Waals surface area contributed by atoms with E-state index in [2.05, 4.69) is 20.5 Å². The zero-order valence-corrected chi connectivity index (χ0v) is 9.95. The number of benzene rings is 1. The molecule has 0 saturated carbocycles. The standard InChI is InChI=1S/C10H8ClFN4O2/c1-18-10-14-9(15-16-10)13-8(17)6-4-5(11)2-3-7(6)12/h2-4H,1H3,(H2,13,14,15,16,17). The number of rotatable bonds is 3. The normalized spacial score (nSPS) is 10.2. The highest BCUT2D eigenvalue weighted by atomic mass is 35.5. The predicted octanol–water partition coefficient (Wildman–Crippen LogP) is 1.86. The van der Waals surface area contributed by atoms with E-state index >= 15 is 0 Å². The van der Waals surface area contributed by atoms with Gasteiger partial charge < -0.3 is 4.74 Å². The van der Waals surface area contributed by atoms with E-state index in [-0.39, 0.29) is 22.5 Å². The first-order valence-electron chi connectivity index (χ1n) is 4.83. The summed E-state index contributed by atoms with van der Waals surface area (Å²) in [5, 5.41) is 8.64. The molecule has 1 aromatic carbocycles. The Hall–Kier alpha value is -2.15. The largest absolute Gasteiger partial charge is 0.466 e. The third kappa shape index (κ3) is 2.57. The lowest BCUT2D eigenvalue weighted by molar-refractivity contribution is 0.102. The average molecular weight is 271 g/mol. The number of carbonyl (C=O) groups is 1. The van der Waals surface area contributed by atoms with Crippen LogP contribution in [0.2, 0.25) is 5.02 Å². The number of anilines is 1. The van der Waals surface area contributed by atoms with Crippen LogP contribution in [0.15, 0.2) is 18.2 Å². The monoisotopic (exact) mass is 270 g/mol. The van der Waals surface area contributed by atoms with Gasteiger partial charge in [0.25, 0.3) is 5.91 Å².